The summed E-state index contributed by atoms with van der Waals surface area (Å²) in [7, 11) is 0. The number of morpholine rings is 1. The number of likely N-dealkylation sites (tertiary alicyclic amines) is 1. The number of carbonyl (C=O) groups excluding carboxylic acids is 1. The van der Waals surface area contributed by atoms with Crippen molar-refractivity contribution in [2.75, 3.05) is 39.4 Å². The Morgan fingerprint density at radius 2 is 2.12 bits per heavy atom. The minimum Gasteiger partial charge on any atom is -0.388 e. The van der Waals surface area contributed by atoms with Crippen LogP contribution in [0, 0.1) is 5.82 Å². The lowest BCUT2D eigenvalue weighted by atomic mass is 10.1. The van der Waals surface area contributed by atoms with Gasteiger partial charge in [0.2, 0.25) is 5.91 Å². The molecule has 6 heteroatoms. The van der Waals surface area contributed by atoms with Crippen molar-refractivity contribution in [2.45, 2.75) is 31.4 Å². The van der Waals surface area contributed by atoms with Gasteiger partial charge in [0.1, 0.15) is 5.82 Å². The van der Waals surface area contributed by atoms with E-state index < -0.39 is 11.9 Å². The molecular formula is C18H25FN2O3. The second-order valence-electron chi connectivity index (χ2n) is 6.57. The molecule has 1 N–H and O–H groups in total. The summed E-state index contributed by atoms with van der Waals surface area (Å²) in [5.41, 5.74) is 0.451. The second kappa shape index (κ2) is 8.05. The van der Waals surface area contributed by atoms with Gasteiger partial charge >= 0.3 is 0 Å². The fraction of sp³-hybridized carbons (Fsp3) is 0.611. The minimum atomic E-state index is -0.960. The normalized spacial score (nSPS) is 23.4. The van der Waals surface area contributed by atoms with Gasteiger partial charge in [-0.2, -0.15) is 0 Å². The smallest absolute Gasteiger partial charge is 0.225 e. The third kappa shape index (κ3) is 4.32. The Morgan fingerprint density at radius 3 is 2.88 bits per heavy atom. The number of hydrogen-bond acceptors (Lipinski definition) is 4. The topological polar surface area (TPSA) is 53.0 Å². The van der Waals surface area contributed by atoms with Gasteiger partial charge in [-0.15, -0.1) is 0 Å². The molecule has 24 heavy (non-hydrogen) atoms. The molecule has 2 aliphatic rings. The number of amides is 1. The van der Waals surface area contributed by atoms with Crippen molar-refractivity contribution in [2.24, 2.45) is 0 Å². The number of ether oxygens (including phenoxy) is 1. The number of aliphatic hydroxyl groups is 1. The SMILES string of the molecule is O=C(C[C@@H](O)c1cccc(F)c1)N1CCC[C@H]1CN1CCOCC1. The maximum absolute atomic E-state index is 13.3. The number of benzene rings is 1. The Hall–Kier alpha value is -1.50. The summed E-state index contributed by atoms with van der Waals surface area (Å²) in [6.07, 6.45) is 1.04. The summed E-state index contributed by atoms with van der Waals surface area (Å²) in [4.78, 5) is 16.8. The maximum atomic E-state index is 13.3. The predicted octanol–water partition coefficient (Wildman–Crippen LogP) is 1.57. The van der Waals surface area contributed by atoms with Crippen molar-refractivity contribution >= 4 is 5.91 Å². The molecule has 0 unspecified atom stereocenters. The largest absolute Gasteiger partial charge is 0.388 e. The van der Waals surface area contributed by atoms with Crippen molar-refractivity contribution < 1.29 is 19.0 Å². The summed E-state index contributed by atoms with van der Waals surface area (Å²) >= 11 is 0. The number of hydrogen-bond donors (Lipinski definition) is 1. The van der Waals surface area contributed by atoms with Crippen LogP contribution in [0.1, 0.15) is 30.9 Å². The standard InChI is InChI=1S/C18H25FN2O3/c19-15-4-1-3-14(11-15)17(22)12-18(23)21-6-2-5-16(21)13-20-7-9-24-10-8-20/h1,3-4,11,16-17,22H,2,5-10,12-13H2/t16-,17+/m0/s1. The third-order valence-corrected chi connectivity index (χ3v) is 4.87. The van der Waals surface area contributed by atoms with E-state index in [1.165, 1.54) is 12.1 Å². The van der Waals surface area contributed by atoms with E-state index in [-0.39, 0.29) is 18.4 Å². The van der Waals surface area contributed by atoms with Crippen molar-refractivity contribution in [1.82, 2.24) is 9.80 Å². The number of nitrogens with zero attached hydrogens (tertiary/aromatic N) is 2. The van der Waals surface area contributed by atoms with Crippen molar-refractivity contribution in [1.29, 1.82) is 0 Å². The molecule has 132 valence electrons. The van der Waals surface area contributed by atoms with E-state index in [9.17, 15) is 14.3 Å². The average Bonchev–Trinajstić information content (AvgIpc) is 3.04. The summed E-state index contributed by atoms with van der Waals surface area (Å²) in [6.45, 7) is 4.92. The van der Waals surface area contributed by atoms with Gasteiger partial charge in [0, 0.05) is 32.2 Å². The van der Waals surface area contributed by atoms with E-state index >= 15 is 0 Å². The van der Waals surface area contributed by atoms with Gasteiger partial charge in [-0.25, -0.2) is 4.39 Å². The highest BCUT2D eigenvalue weighted by molar-refractivity contribution is 5.77. The molecule has 0 radical (unpaired) electrons. The van der Waals surface area contributed by atoms with Crippen LogP contribution in [0.2, 0.25) is 0 Å². The van der Waals surface area contributed by atoms with Gasteiger partial charge in [-0.3, -0.25) is 9.69 Å². The molecule has 0 bridgehead atoms. The molecule has 1 aromatic carbocycles. The summed E-state index contributed by atoms with van der Waals surface area (Å²) in [6, 6.07) is 6.02. The van der Waals surface area contributed by atoms with Crippen LogP contribution in [0.25, 0.3) is 0 Å². The van der Waals surface area contributed by atoms with E-state index in [1.807, 2.05) is 4.90 Å². The Kier molecular flexibility index (Phi) is 5.81. The second-order valence-corrected chi connectivity index (χ2v) is 6.57. The lowest BCUT2D eigenvalue weighted by Gasteiger charge is -2.33. The minimum absolute atomic E-state index is 0.00304. The van der Waals surface area contributed by atoms with Crippen molar-refractivity contribution in [3.8, 4) is 0 Å². The van der Waals surface area contributed by atoms with Gasteiger partial charge in [-0.1, -0.05) is 12.1 Å². The number of rotatable bonds is 5. The van der Waals surface area contributed by atoms with E-state index in [0.29, 0.717) is 5.56 Å². The molecule has 0 saturated carbocycles. The van der Waals surface area contributed by atoms with Gasteiger partial charge in [0.15, 0.2) is 0 Å². The van der Waals surface area contributed by atoms with Crippen LogP contribution >= 0.6 is 0 Å². The molecule has 0 spiro atoms. The number of carbonyl (C=O) groups is 1. The van der Waals surface area contributed by atoms with Crippen LogP contribution in [-0.2, 0) is 9.53 Å². The van der Waals surface area contributed by atoms with Crippen molar-refractivity contribution in [3.05, 3.63) is 35.6 Å². The lowest BCUT2D eigenvalue weighted by molar-refractivity contribution is -0.134. The van der Waals surface area contributed by atoms with Crippen LogP contribution in [-0.4, -0.2) is 66.2 Å². The number of halogens is 1. The summed E-state index contributed by atoms with van der Waals surface area (Å²) in [5.74, 6) is -0.451. The first-order valence-electron chi connectivity index (χ1n) is 8.66. The Labute approximate surface area is 142 Å². The molecule has 1 aromatic rings. The van der Waals surface area contributed by atoms with Gasteiger partial charge in [0.05, 0.1) is 25.7 Å². The maximum Gasteiger partial charge on any atom is 0.225 e. The zero-order chi connectivity index (χ0) is 16.9. The van der Waals surface area contributed by atoms with Crippen LogP contribution in [0.3, 0.4) is 0 Å². The van der Waals surface area contributed by atoms with Crippen molar-refractivity contribution in [3.63, 3.8) is 0 Å². The quantitative estimate of drug-likeness (QED) is 0.887. The summed E-state index contributed by atoms with van der Waals surface area (Å²) in [5, 5.41) is 10.2. The predicted molar refractivity (Wildman–Crippen MR) is 88.0 cm³/mol. The van der Waals surface area contributed by atoms with E-state index in [2.05, 4.69) is 4.90 Å². The number of aliphatic hydroxyl groups excluding tert-OH is 1. The Morgan fingerprint density at radius 1 is 1.33 bits per heavy atom. The highest BCUT2D eigenvalue weighted by atomic mass is 19.1. The van der Waals surface area contributed by atoms with Crippen LogP contribution < -0.4 is 0 Å². The van der Waals surface area contributed by atoms with Crippen LogP contribution in [0.15, 0.2) is 24.3 Å². The molecule has 2 fully saturated rings. The molecule has 5 nitrogen and oxygen atoms in total. The first-order valence-corrected chi connectivity index (χ1v) is 8.66. The van der Waals surface area contributed by atoms with E-state index in [1.54, 1.807) is 12.1 Å². The zero-order valence-electron chi connectivity index (χ0n) is 13.9. The summed E-state index contributed by atoms with van der Waals surface area (Å²) < 4.78 is 18.6. The lowest BCUT2D eigenvalue weighted by Crippen LogP contribution is -2.46. The van der Waals surface area contributed by atoms with Gasteiger partial charge in [-0.05, 0) is 30.5 Å². The first kappa shape index (κ1) is 17.3. The van der Waals surface area contributed by atoms with E-state index in [0.717, 1.165) is 52.2 Å². The fourth-order valence-corrected chi connectivity index (χ4v) is 3.55. The highest BCUT2D eigenvalue weighted by Crippen LogP contribution is 2.24. The third-order valence-electron chi connectivity index (χ3n) is 4.87. The molecule has 2 heterocycles. The van der Waals surface area contributed by atoms with Gasteiger partial charge in [0.25, 0.3) is 0 Å². The molecule has 2 atom stereocenters. The zero-order valence-corrected chi connectivity index (χ0v) is 13.9. The molecule has 1 amide bonds. The van der Waals surface area contributed by atoms with Gasteiger partial charge < -0.3 is 14.7 Å². The molecule has 3 rings (SSSR count). The molecule has 0 aromatic heterocycles. The molecule has 2 aliphatic heterocycles. The average molecular weight is 336 g/mol. The van der Waals surface area contributed by atoms with Crippen LogP contribution in [0.5, 0.6) is 0 Å². The fourth-order valence-electron chi connectivity index (χ4n) is 3.55. The van der Waals surface area contributed by atoms with Crippen LogP contribution in [0.4, 0.5) is 4.39 Å². The highest BCUT2D eigenvalue weighted by Gasteiger charge is 2.31. The molecule has 2 saturated heterocycles. The molecular weight excluding hydrogens is 311 g/mol. The first-order chi connectivity index (χ1) is 11.6. The Balaban J connectivity index is 1.56. The Bertz CT molecular complexity index is 563. The monoisotopic (exact) mass is 336 g/mol. The van der Waals surface area contributed by atoms with E-state index in [4.69, 9.17) is 4.74 Å². The molecule has 0 aliphatic carbocycles.